The first-order valence-electron chi connectivity index (χ1n) is 8.41. The zero-order chi connectivity index (χ0) is 19.4. The lowest BCUT2D eigenvalue weighted by atomic mass is 10.0. The van der Waals surface area contributed by atoms with Gasteiger partial charge in [0.25, 0.3) is 0 Å². The van der Waals surface area contributed by atoms with Crippen molar-refractivity contribution in [1.82, 2.24) is 4.57 Å². The van der Waals surface area contributed by atoms with E-state index in [0.717, 1.165) is 0 Å². The summed E-state index contributed by atoms with van der Waals surface area (Å²) in [6.45, 7) is 5.33. The van der Waals surface area contributed by atoms with Crippen LogP contribution >= 0.6 is 0 Å². The Balaban J connectivity index is 2.48. The fraction of sp³-hybridized carbons (Fsp3) is 0.444. The van der Waals surface area contributed by atoms with Crippen LogP contribution in [0.5, 0.6) is 0 Å². The normalized spacial score (nSPS) is 16.5. The molecule has 0 bridgehead atoms. The van der Waals surface area contributed by atoms with E-state index in [1.165, 1.54) is 6.07 Å². The van der Waals surface area contributed by atoms with E-state index in [1.54, 1.807) is 11.5 Å². The maximum atomic E-state index is 14.7. The van der Waals surface area contributed by atoms with Gasteiger partial charge in [-0.1, -0.05) is 0 Å². The van der Waals surface area contributed by atoms with Crippen molar-refractivity contribution in [2.75, 3.05) is 17.7 Å². The van der Waals surface area contributed by atoms with Crippen LogP contribution < -0.4 is 16.5 Å². The summed E-state index contributed by atoms with van der Waals surface area (Å²) in [6.07, 6.45) is 1.09. The zero-order valence-corrected chi connectivity index (χ0v) is 14.9. The second-order valence-corrected chi connectivity index (χ2v) is 7.38. The molecule has 5 N–H and O–H groups in total. The summed E-state index contributed by atoms with van der Waals surface area (Å²) in [5.41, 5.74) is 4.83. The molecule has 0 amide bonds. The average molecular weight is 363 g/mol. The number of hydrogen-bond donors (Lipinski definition) is 4. The number of nitrogen functional groups attached to an aromatic ring is 1. The van der Waals surface area contributed by atoms with E-state index >= 15 is 0 Å². The molecule has 0 aliphatic carbocycles. The highest BCUT2D eigenvalue weighted by Crippen LogP contribution is 2.39. The van der Waals surface area contributed by atoms with Crippen LogP contribution in [0.2, 0.25) is 0 Å². The topological polar surface area (TPSA) is 118 Å². The summed E-state index contributed by atoms with van der Waals surface area (Å²) >= 11 is 0. The Kier molecular flexibility index (Phi) is 4.18. The summed E-state index contributed by atoms with van der Waals surface area (Å²) in [5.74, 6) is -2.17. The van der Waals surface area contributed by atoms with Gasteiger partial charge in [-0.15, -0.1) is 0 Å². The molecule has 0 saturated carbocycles. The molecule has 3 rings (SSSR count). The molecule has 0 radical (unpaired) electrons. The van der Waals surface area contributed by atoms with Gasteiger partial charge in [0.2, 0.25) is 5.43 Å². The fourth-order valence-corrected chi connectivity index (χ4v) is 3.69. The number of carboxylic acids is 1. The molecular formula is C18H22FN3O4. The van der Waals surface area contributed by atoms with Gasteiger partial charge in [0.1, 0.15) is 5.56 Å². The SMILES string of the molecule is C[C@H](CO)Nc1cc2c(c(N)c1F)c(=O)c(C(=O)O)c1n2C(C)(C)CC1. The van der Waals surface area contributed by atoms with Crippen LogP contribution in [-0.2, 0) is 12.0 Å². The minimum Gasteiger partial charge on any atom is -0.477 e. The third-order valence-electron chi connectivity index (χ3n) is 5.00. The number of nitrogens with two attached hydrogens (primary N) is 1. The number of benzene rings is 1. The average Bonchev–Trinajstić information content (AvgIpc) is 2.86. The van der Waals surface area contributed by atoms with E-state index in [-0.39, 0.29) is 28.9 Å². The van der Waals surface area contributed by atoms with Crippen molar-refractivity contribution in [3.63, 3.8) is 0 Å². The molecule has 0 saturated heterocycles. The molecule has 0 fully saturated rings. The molecule has 2 aromatic rings. The van der Waals surface area contributed by atoms with Crippen molar-refractivity contribution in [1.29, 1.82) is 0 Å². The lowest BCUT2D eigenvalue weighted by molar-refractivity contribution is 0.0693. The van der Waals surface area contributed by atoms with E-state index < -0.39 is 28.8 Å². The predicted molar refractivity (Wildman–Crippen MR) is 97.4 cm³/mol. The molecule has 1 aliphatic heterocycles. The van der Waals surface area contributed by atoms with Crippen molar-refractivity contribution >= 4 is 28.2 Å². The Morgan fingerprint density at radius 1 is 1.50 bits per heavy atom. The van der Waals surface area contributed by atoms with Crippen LogP contribution in [0.15, 0.2) is 10.9 Å². The number of anilines is 2. The molecule has 1 aliphatic rings. The van der Waals surface area contributed by atoms with E-state index in [1.807, 2.05) is 13.8 Å². The molecule has 2 heterocycles. The Hall–Kier alpha value is -2.61. The number of aromatic carboxylic acids is 1. The molecule has 0 unspecified atom stereocenters. The number of fused-ring (bicyclic) bond motifs is 3. The first-order valence-corrected chi connectivity index (χ1v) is 8.41. The van der Waals surface area contributed by atoms with Gasteiger partial charge in [0, 0.05) is 17.3 Å². The lowest BCUT2D eigenvalue weighted by Gasteiger charge is -2.27. The quantitative estimate of drug-likeness (QED) is 0.616. The first-order chi connectivity index (χ1) is 12.1. The van der Waals surface area contributed by atoms with Gasteiger partial charge in [-0.2, -0.15) is 0 Å². The molecule has 140 valence electrons. The number of pyridine rings is 1. The van der Waals surface area contributed by atoms with Crippen molar-refractivity contribution in [2.45, 2.75) is 45.2 Å². The van der Waals surface area contributed by atoms with Crippen LogP contribution in [0.4, 0.5) is 15.8 Å². The Labute approximate surface area is 149 Å². The molecule has 0 spiro atoms. The van der Waals surface area contributed by atoms with Crippen LogP contribution in [0.25, 0.3) is 10.9 Å². The number of aliphatic hydroxyl groups is 1. The van der Waals surface area contributed by atoms with E-state index in [9.17, 15) is 24.2 Å². The van der Waals surface area contributed by atoms with Gasteiger partial charge in [0.15, 0.2) is 5.82 Å². The number of aliphatic hydroxyl groups excluding tert-OH is 1. The number of rotatable bonds is 4. The van der Waals surface area contributed by atoms with Gasteiger partial charge in [-0.05, 0) is 39.7 Å². The Bertz CT molecular complexity index is 981. The molecule has 1 atom stereocenters. The summed E-state index contributed by atoms with van der Waals surface area (Å²) in [7, 11) is 0. The van der Waals surface area contributed by atoms with Crippen molar-refractivity contribution in [3.05, 3.63) is 33.4 Å². The largest absolute Gasteiger partial charge is 0.477 e. The molecule has 8 heteroatoms. The highest BCUT2D eigenvalue weighted by atomic mass is 19.1. The Morgan fingerprint density at radius 3 is 2.73 bits per heavy atom. The smallest absolute Gasteiger partial charge is 0.341 e. The van der Waals surface area contributed by atoms with Gasteiger partial charge < -0.3 is 25.8 Å². The maximum Gasteiger partial charge on any atom is 0.341 e. The van der Waals surface area contributed by atoms with Crippen LogP contribution in [0, 0.1) is 5.82 Å². The monoisotopic (exact) mass is 363 g/mol. The number of nitrogens with zero attached hydrogens (tertiary/aromatic N) is 1. The van der Waals surface area contributed by atoms with E-state index in [0.29, 0.717) is 24.1 Å². The van der Waals surface area contributed by atoms with Gasteiger partial charge >= 0.3 is 5.97 Å². The Morgan fingerprint density at radius 2 is 2.15 bits per heavy atom. The summed E-state index contributed by atoms with van der Waals surface area (Å²) in [5, 5.41) is 21.5. The minimum atomic E-state index is -1.34. The van der Waals surface area contributed by atoms with Crippen LogP contribution in [0.1, 0.15) is 43.2 Å². The predicted octanol–water partition coefficient (Wildman–Crippen LogP) is 1.89. The van der Waals surface area contributed by atoms with Gasteiger partial charge in [0.05, 0.1) is 28.9 Å². The third kappa shape index (κ3) is 2.52. The number of carbonyl (C=O) groups is 1. The number of halogens is 1. The van der Waals surface area contributed by atoms with Crippen molar-refractivity contribution in [3.8, 4) is 0 Å². The highest BCUT2D eigenvalue weighted by molar-refractivity contribution is 6.00. The second kappa shape index (κ2) is 5.98. The summed E-state index contributed by atoms with van der Waals surface area (Å²) in [6, 6.07) is 1.05. The molecule has 1 aromatic heterocycles. The second-order valence-electron chi connectivity index (χ2n) is 7.38. The van der Waals surface area contributed by atoms with E-state index in [4.69, 9.17) is 5.73 Å². The van der Waals surface area contributed by atoms with E-state index in [2.05, 4.69) is 5.32 Å². The number of nitrogens with one attached hydrogen (secondary N) is 1. The van der Waals surface area contributed by atoms with Gasteiger partial charge in [-0.25, -0.2) is 9.18 Å². The number of hydrogen-bond acceptors (Lipinski definition) is 5. The van der Waals surface area contributed by atoms with Crippen molar-refractivity contribution < 1.29 is 19.4 Å². The highest BCUT2D eigenvalue weighted by Gasteiger charge is 2.36. The number of carboxylic acid groups (broad SMARTS) is 1. The number of aromatic nitrogens is 1. The first kappa shape index (κ1) is 18.2. The lowest BCUT2D eigenvalue weighted by Crippen LogP contribution is -2.29. The van der Waals surface area contributed by atoms with Crippen LogP contribution in [0.3, 0.4) is 0 Å². The van der Waals surface area contributed by atoms with Crippen molar-refractivity contribution in [2.24, 2.45) is 0 Å². The summed E-state index contributed by atoms with van der Waals surface area (Å²) in [4.78, 5) is 24.5. The molecular weight excluding hydrogens is 341 g/mol. The third-order valence-corrected chi connectivity index (χ3v) is 5.00. The summed E-state index contributed by atoms with van der Waals surface area (Å²) < 4.78 is 16.5. The fourth-order valence-electron chi connectivity index (χ4n) is 3.69. The molecule has 7 nitrogen and oxygen atoms in total. The zero-order valence-electron chi connectivity index (χ0n) is 14.9. The van der Waals surface area contributed by atoms with Gasteiger partial charge in [-0.3, -0.25) is 4.79 Å². The molecule has 1 aromatic carbocycles. The minimum absolute atomic E-state index is 0.0661. The maximum absolute atomic E-state index is 14.7. The molecule has 26 heavy (non-hydrogen) atoms. The standard InChI is InChI=1S/C18H22FN3O4/c1-8(7-23)21-9-6-11-12(15(20)14(9)19)16(24)13(17(25)26)10-4-5-18(2,3)22(10)11/h6,8,21,23H,4-5,7,20H2,1-3H3,(H,25,26)/t8-/m1/s1. The van der Waals surface area contributed by atoms with Crippen LogP contribution in [-0.4, -0.2) is 33.4 Å².